The van der Waals surface area contributed by atoms with E-state index >= 15 is 0 Å². The summed E-state index contributed by atoms with van der Waals surface area (Å²) in [5.41, 5.74) is -3.47. The Labute approximate surface area is 188 Å². The third kappa shape index (κ3) is 4.45. The minimum atomic E-state index is -1.73. The Bertz CT molecular complexity index is 977. The molecular formula is C25H22P2Se2. The second kappa shape index (κ2) is 9.29. The van der Waals surface area contributed by atoms with Crippen LogP contribution in [-0.2, 0) is 0 Å². The van der Waals surface area contributed by atoms with Gasteiger partial charge in [-0.15, -0.1) is 0 Å². The summed E-state index contributed by atoms with van der Waals surface area (Å²) in [7, 11) is 0. The van der Waals surface area contributed by atoms with Crippen molar-refractivity contribution in [1.29, 1.82) is 0 Å². The van der Waals surface area contributed by atoms with E-state index in [4.69, 9.17) is 0 Å². The Balaban J connectivity index is 1.93. The monoisotopic (exact) mass is 544 g/mol. The van der Waals surface area contributed by atoms with Crippen LogP contribution in [0, 0.1) is 0 Å². The fourth-order valence-corrected chi connectivity index (χ4v) is 24.6. The summed E-state index contributed by atoms with van der Waals surface area (Å²) in [6.45, 7) is 0. The van der Waals surface area contributed by atoms with Gasteiger partial charge >= 0.3 is 190 Å². The van der Waals surface area contributed by atoms with E-state index in [1.54, 1.807) is 0 Å². The van der Waals surface area contributed by atoms with Crippen molar-refractivity contribution >= 4 is 62.4 Å². The third-order valence-corrected chi connectivity index (χ3v) is 22.5. The van der Waals surface area contributed by atoms with Crippen molar-refractivity contribution in [1.82, 2.24) is 0 Å². The van der Waals surface area contributed by atoms with Crippen molar-refractivity contribution < 1.29 is 0 Å². The molecule has 0 unspecified atom stereocenters. The van der Waals surface area contributed by atoms with Crippen LogP contribution in [0.4, 0.5) is 0 Å². The second-order valence-corrected chi connectivity index (χ2v) is 21.0. The normalized spacial score (nSPS) is 11.9. The van der Waals surface area contributed by atoms with Crippen molar-refractivity contribution in [2.75, 3.05) is 5.90 Å². The van der Waals surface area contributed by atoms with Crippen molar-refractivity contribution in [3.8, 4) is 0 Å². The Morgan fingerprint density at radius 2 is 0.586 bits per heavy atom. The molecule has 0 aliphatic rings. The Morgan fingerprint density at radius 3 is 0.793 bits per heavy atom. The van der Waals surface area contributed by atoms with Crippen LogP contribution in [-0.4, -0.2) is 36.1 Å². The van der Waals surface area contributed by atoms with Crippen molar-refractivity contribution in [3.05, 3.63) is 121 Å². The first-order chi connectivity index (χ1) is 14.1. The maximum atomic E-state index is 3.74. The molecule has 29 heavy (non-hydrogen) atoms. The standard InChI is InChI=1S/C25H22P2Se2/c28-26(22-13-5-1-6-14-22,23-15-7-2-8-16-23)21-27(29,24-17-9-3-10-18-24)25-19-11-4-12-20-25/h1-20H,21H2. The van der Waals surface area contributed by atoms with Gasteiger partial charge in [0.15, 0.2) is 0 Å². The molecule has 0 bridgehead atoms. The van der Waals surface area contributed by atoms with E-state index in [0.29, 0.717) is 0 Å². The van der Waals surface area contributed by atoms with E-state index < -0.39 is 11.0 Å². The van der Waals surface area contributed by atoms with Gasteiger partial charge in [-0.05, 0) is 0 Å². The van der Waals surface area contributed by atoms with Gasteiger partial charge < -0.3 is 0 Å². The molecule has 0 aliphatic heterocycles. The quantitative estimate of drug-likeness (QED) is 0.250. The van der Waals surface area contributed by atoms with Gasteiger partial charge in [0.05, 0.1) is 0 Å². The molecule has 0 saturated carbocycles. The first kappa shape index (κ1) is 21.0. The topological polar surface area (TPSA) is 0 Å². The number of hydrogen-bond acceptors (Lipinski definition) is 0. The summed E-state index contributed by atoms with van der Waals surface area (Å²) in [6.07, 6.45) is 0. The van der Waals surface area contributed by atoms with Crippen molar-refractivity contribution in [2.45, 2.75) is 0 Å². The third-order valence-electron chi connectivity index (χ3n) is 5.09. The van der Waals surface area contributed by atoms with Gasteiger partial charge in [0.1, 0.15) is 0 Å². The van der Waals surface area contributed by atoms with Gasteiger partial charge in [0.2, 0.25) is 0 Å². The summed E-state index contributed by atoms with van der Waals surface area (Å²) in [5.74, 6) is 1.09. The van der Waals surface area contributed by atoms with E-state index in [9.17, 15) is 0 Å². The number of hydrogen-bond donors (Lipinski definition) is 0. The van der Waals surface area contributed by atoms with Gasteiger partial charge in [-0.1, -0.05) is 0 Å². The molecule has 0 N–H and O–H groups in total. The first-order valence-electron chi connectivity index (χ1n) is 9.53. The van der Waals surface area contributed by atoms with Crippen LogP contribution in [0.1, 0.15) is 0 Å². The summed E-state index contributed by atoms with van der Waals surface area (Å²) in [5, 5.41) is 5.66. The zero-order valence-corrected chi connectivity index (χ0v) is 21.2. The molecular weight excluding hydrogens is 520 g/mol. The molecule has 0 nitrogen and oxygen atoms in total. The van der Waals surface area contributed by atoms with Gasteiger partial charge in [-0.2, -0.15) is 0 Å². The SMILES string of the molecule is [Se]=P(CP(=[Se])(c1ccccc1)c1ccccc1)(c1ccccc1)c1ccccc1. The average molecular weight is 542 g/mol. The summed E-state index contributed by atoms with van der Waals surface area (Å²) in [6, 6.07) is 44.0. The Morgan fingerprint density at radius 1 is 0.379 bits per heavy atom. The van der Waals surface area contributed by atoms with Crippen LogP contribution in [0.5, 0.6) is 0 Å². The summed E-state index contributed by atoms with van der Waals surface area (Å²) in [4.78, 5) is 0. The number of rotatable bonds is 6. The molecule has 0 aromatic heterocycles. The molecule has 0 radical (unpaired) electrons. The van der Waals surface area contributed by atoms with E-state index in [-0.39, 0.29) is 0 Å². The molecule has 4 rings (SSSR count). The van der Waals surface area contributed by atoms with Crippen LogP contribution < -0.4 is 21.2 Å². The van der Waals surface area contributed by atoms with Crippen molar-refractivity contribution in [3.63, 3.8) is 0 Å². The molecule has 0 aliphatic carbocycles. The zero-order chi connectivity index (χ0) is 20.2. The van der Waals surface area contributed by atoms with E-state index in [2.05, 4.69) is 152 Å². The molecule has 4 aromatic rings. The Kier molecular flexibility index (Phi) is 6.73. The summed E-state index contributed by atoms with van der Waals surface area (Å²) < 4.78 is 0. The van der Waals surface area contributed by atoms with Gasteiger partial charge in [0.25, 0.3) is 0 Å². The van der Waals surface area contributed by atoms with Gasteiger partial charge in [-0.3, -0.25) is 0 Å². The molecule has 4 aromatic carbocycles. The first-order valence-corrected chi connectivity index (χ1v) is 17.9. The molecule has 4 heteroatoms. The number of benzene rings is 4. The van der Waals surface area contributed by atoms with Crippen LogP contribution in [0.2, 0.25) is 0 Å². The fraction of sp³-hybridized carbons (Fsp3) is 0.0400. The second-order valence-electron chi connectivity index (χ2n) is 6.96. The molecule has 144 valence electrons. The molecule has 0 saturated heterocycles. The van der Waals surface area contributed by atoms with E-state index in [1.807, 2.05) is 0 Å². The van der Waals surface area contributed by atoms with Crippen LogP contribution in [0.3, 0.4) is 0 Å². The average Bonchev–Trinajstić information content (AvgIpc) is 2.81. The predicted octanol–water partition coefficient (Wildman–Crippen LogP) is 4.45. The van der Waals surface area contributed by atoms with Crippen LogP contribution >= 0.6 is 11.0 Å². The van der Waals surface area contributed by atoms with E-state index in [1.165, 1.54) is 21.2 Å². The van der Waals surface area contributed by atoms with E-state index in [0.717, 1.165) is 5.90 Å². The zero-order valence-electron chi connectivity index (χ0n) is 16.0. The summed E-state index contributed by atoms with van der Waals surface area (Å²) >= 11 is 7.47. The molecule has 0 spiro atoms. The molecule has 0 heterocycles. The Hall–Kier alpha value is -1.22. The van der Waals surface area contributed by atoms with Crippen LogP contribution in [0.15, 0.2) is 121 Å². The predicted molar refractivity (Wildman–Crippen MR) is 135 cm³/mol. The van der Waals surface area contributed by atoms with Gasteiger partial charge in [-0.25, -0.2) is 0 Å². The molecule has 0 atom stereocenters. The minimum absolute atomic E-state index is 1.09. The molecule has 0 amide bonds. The van der Waals surface area contributed by atoms with Gasteiger partial charge in [0, 0.05) is 0 Å². The van der Waals surface area contributed by atoms with Crippen LogP contribution in [0.25, 0.3) is 0 Å². The fourth-order valence-electron chi connectivity index (χ4n) is 3.58. The molecule has 0 fully saturated rings. The van der Waals surface area contributed by atoms with Crippen molar-refractivity contribution in [2.24, 2.45) is 0 Å². The maximum absolute atomic E-state index is 3.74.